The Bertz CT molecular complexity index is 1470. The van der Waals surface area contributed by atoms with Crippen LogP contribution in [0.5, 0.6) is 5.75 Å². The lowest BCUT2D eigenvalue weighted by Gasteiger charge is -2.16. The Balaban J connectivity index is 1.27. The molecule has 1 atom stereocenters. The zero-order chi connectivity index (χ0) is 26.2. The van der Waals surface area contributed by atoms with Gasteiger partial charge in [0.2, 0.25) is 5.91 Å². The monoisotopic (exact) mass is 529 g/mol. The van der Waals surface area contributed by atoms with Crippen LogP contribution in [0.4, 0.5) is 11.4 Å². The van der Waals surface area contributed by atoms with Crippen molar-refractivity contribution in [3.8, 4) is 5.75 Å². The number of carbonyl (C=O) groups is 2. The van der Waals surface area contributed by atoms with Gasteiger partial charge in [-0.3, -0.25) is 14.9 Å². The maximum atomic E-state index is 12.5. The molecule has 0 spiro atoms. The van der Waals surface area contributed by atoms with Gasteiger partial charge in [-0.2, -0.15) is 0 Å². The molecule has 37 heavy (non-hydrogen) atoms. The van der Waals surface area contributed by atoms with Crippen molar-refractivity contribution in [2.45, 2.75) is 13.0 Å². The number of anilines is 2. The number of benzene rings is 4. The summed E-state index contributed by atoms with van der Waals surface area (Å²) in [4.78, 5) is 24.8. The largest absolute Gasteiger partial charge is 0.479 e. The Hall–Kier alpha value is -4.20. The molecular weight excluding hydrogens is 506 g/mol. The van der Waals surface area contributed by atoms with Gasteiger partial charge < -0.3 is 15.4 Å². The number of para-hydroxylation sites is 1. The molecule has 2 amide bonds. The van der Waals surface area contributed by atoms with Gasteiger partial charge in [0.25, 0.3) is 5.91 Å². The molecular formula is C29H24ClN3O3S. The van der Waals surface area contributed by atoms with Gasteiger partial charge in [-0.05, 0) is 78.0 Å². The van der Waals surface area contributed by atoms with Crippen molar-refractivity contribution in [3.63, 3.8) is 0 Å². The number of nitrogens with one attached hydrogen (secondary N) is 3. The molecule has 0 bridgehead atoms. The van der Waals surface area contributed by atoms with Crippen LogP contribution in [0.1, 0.15) is 12.5 Å². The van der Waals surface area contributed by atoms with E-state index in [9.17, 15) is 9.59 Å². The number of fused-ring (bicyclic) bond motifs is 1. The van der Waals surface area contributed by atoms with E-state index in [4.69, 9.17) is 28.6 Å². The first-order valence-electron chi connectivity index (χ1n) is 11.5. The molecule has 4 rings (SSSR count). The molecule has 186 valence electrons. The summed E-state index contributed by atoms with van der Waals surface area (Å²) in [5, 5.41) is 11.1. The van der Waals surface area contributed by atoms with Gasteiger partial charge in [0, 0.05) is 17.5 Å². The minimum atomic E-state index is -0.748. The fourth-order valence-electron chi connectivity index (χ4n) is 3.54. The van der Waals surface area contributed by atoms with Crippen LogP contribution in [0, 0.1) is 0 Å². The number of carbonyl (C=O) groups excluding carboxylic acids is 2. The number of halogens is 1. The molecule has 0 aliphatic heterocycles. The standard InChI is InChI=1S/C29H24ClN3O3S/c1-19(36-26-12-5-4-11-25(26)30)28(35)31-22-14-16-23(17-15-22)32-29(37)33-27(34)18-13-21-9-6-8-20-7-2-3-10-24(20)21/h2-19H,1H3,(H,31,35)(H2,32,33,34,37)/b18-13+. The minimum Gasteiger partial charge on any atom is -0.479 e. The molecule has 1 unspecified atom stereocenters. The Morgan fingerprint density at radius 1 is 0.865 bits per heavy atom. The molecule has 6 nitrogen and oxygen atoms in total. The van der Waals surface area contributed by atoms with Crippen molar-refractivity contribution in [1.82, 2.24) is 5.32 Å². The summed E-state index contributed by atoms with van der Waals surface area (Å²) in [6.45, 7) is 1.64. The van der Waals surface area contributed by atoms with E-state index in [0.717, 1.165) is 16.3 Å². The third-order valence-electron chi connectivity index (χ3n) is 5.39. The van der Waals surface area contributed by atoms with E-state index in [0.29, 0.717) is 22.1 Å². The van der Waals surface area contributed by atoms with Crippen molar-refractivity contribution < 1.29 is 14.3 Å². The van der Waals surface area contributed by atoms with E-state index in [1.165, 1.54) is 6.08 Å². The fraction of sp³-hybridized carbons (Fsp3) is 0.0690. The van der Waals surface area contributed by atoms with Gasteiger partial charge in [-0.15, -0.1) is 0 Å². The normalized spacial score (nSPS) is 11.6. The van der Waals surface area contributed by atoms with E-state index in [1.807, 2.05) is 42.5 Å². The zero-order valence-corrected chi connectivity index (χ0v) is 21.5. The molecule has 0 aliphatic rings. The second-order valence-electron chi connectivity index (χ2n) is 8.10. The van der Waals surface area contributed by atoms with Crippen molar-refractivity contribution in [2.24, 2.45) is 0 Å². The highest BCUT2D eigenvalue weighted by molar-refractivity contribution is 7.80. The smallest absolute Gasteiger partial charge is 0.265 e. The van der Waals surface area contributed by atoms with Gasteiger partial charge >= 0.3 is 0 Å². The number of hydrogen-bond acceptors (Lipinski definition) is 4. The van der Waals surface area contributed by atoms with Crippen LogP contribution in [0.25, 0.3) is 16.8 Å². The van der Waals surface area contributed by atoms with Crippen LogP contribution in [-0.4, -0.2) is 23.0 Å². The molecule has 0 radical (unpaired) electrons. The molecule has 8 heteroatoms. The third-order valence-corrected chi connectivity index (χ3v) is 5.91. The summed E-state index contributed by atoms with van der Waals surface area (Å²) in [5.41, 5.74) is 2.18. The number of rotatable bonds is 7. The molecule has 3 N–H and O–H groups in total. The highest BCUT2D eigenvalue weighted by Gasteiger charge is 2.16. The number of hydrogen-bond donors (Lipinski definition) is 3. The molecule has 4 aromatic rings. The average Bonchev–Trinajstić information content (AvgIpc) is 2.89. The second-order valence-corrected chi connectivity index (χ2v) is 8.92. The topological polar surface area (TPSA) is 79.5 Å². The van der Waals surface area contributed by atoms with Crippen LogP contribution >= 0.6 is 23.8 Å². The second kappa shape index (κ2) is 12.2. The molecule has 4 aromatic carbocycles. The van der Waals surface area contributed by atoms with E-state index >= 15 is 0 Å². The lowest BCUT2D eigenvalue weighted by atomic mass is 10.0. The lowest BCUT2D eigenvalue weighted by Crippen LogP contribution is -2.32. The average molecular weight is 530 g/mol. The number of amides is 2. The van der Waals surface area contributed by atoms with Gasteiger partial charge in [0.15, 0.2) is 11.2 Å². The maximum absolute atomic E-state index is 12.5. The quantitative estimate of drug-likeness (QED) is 0.190. The first-order chi connectivity index (χ1) is 17.9. The van der Waals surface area contributed by atoms with Gasteiger partial charge in [0.05, 0.1) is 5.02 Å². The molecule has 0 aromatic heterocycles. The minimum absolute atomic E-state index is 0.158. The predicted octanol–water partition coefficient (Wildman–Crippen LogP) is 6.43. The fourth-order valence-corrected chi connectivity index (χ4v) is 3.94. The Kier molecular flexibility index (Phi) is 8.51. The molecule has 0 fully saturated rings. The summed E-state index contributed by atoms with van der Waals surface area (Å²) in [5.74, 6) is -0.225. The Labute approximate surface area is 225 Å². The van der Waals surface area contributed by atoms with Crippen molar-refractivity contribution in [2.75, 3.05) is 10.6 Å². The molecule has 0 saturated heterocycles. The van der Waals surface area contributed by atoms with E-state index < -0.39 is 6.10 Å². The zero-order valence-electron chi connectivity index (χ0n) is 19.9. The highest BCUT2D eigenvalue weighted by Crippen LogP contribution is 2.24. The van der Waals surface area contributed by atoms with E-state index in [-0.39, 0.29) is 16.9 Å². The maximum Gasteiger partial charge on any atom is 0.265 e. The number of thiocarbonyl (C=S) groups is 1. The summed E-state index contributed by atoms with van der Waals surface area (Å²) < 4.78 is 5.64. The van der Waals surface area contributed by atoms with Crippen LogP contribution in [0.15, 0.2) is 97.1 Å². The van der Waals surface area contributed by atoms with Crippen LogP contribution < -0.4 is 20.7 Å². The predicted molar refractivity (Wildman–Crippen MR) is 154 cm³/mol. The molecule has 0 aliphatic carbocycles. The third kappa shape index (κ3) is 7.16. The molecule has 0 saturated carbocycles. The first kappa shape index (κ1) is 25.9. The summed E-state index contributed by atoms with van der Waals surface area (Å²) >= 11 is 11.3. The van der Waals surface area contributed by atoms with Crippen LogP contribution in [0.2, 0.25) is 5.02 Å². The SMILES string of the molecule is CC(Oc1ccccc1Cl)C(=O)Nc1ccc(NC(=S)NC(=O)/C=C/c2cccc3ccccc23)cc1. The Morgan fingerprint density at radius 2 is 1.51 bits per heavy atom. The van der Waals surface area contributed by atoms with Crippen molar-refractivity contribution >= 4 is 69.0 Å². The van der Waals surface area contributed by atoms with Gasteiger partial charge in [-0.25, -0.2) is 0 Å². The summed E-state index contributed by atoms with van der Waals surface area (Å²) in [7, 11) is 0. The van der Waals surface area contributed by atoms with Gasteiger partial charge in [0.1, 0.15) is 5.75 Å². The Morgan fingerprint density at radius 3 is 2.27 bits per heavy atom. The first-order valence-corrected chi connectivity index (χ1v) is 12.3. The van der Waals surface area contributed by atoms with Gasteiger partial charge in [-0.1, -0.05) is 66.2 Å². The van der Waals surface area contributed by atoms with E-state index in [2.05, 4.69) is 16.0 Å². The summed E-state index contributed by atoms with van der Waals surface area (Å²) in [6.07, 6.45) is 2.46. The number of ether oxygens (including phenoxy) is 1. The van der Waals surface area contributed by atoms with Crippen LogP contribution in [-0.2, 0) is 9.59 Å². The molecule has 0 heterocycles. The summed E-state index contributed by atoms with van der Waals surface area (Å²) in [6, 6.07) is 27.8. The van der Waals surface area contributed by atoms with Crippen molar-refractivity contribution in [3.05, 3.63) is 108 Å². The van der Waals surface area contributed by atoms with Crippen molar-refractivity contribution in [1.29, 1.82) is 0 Å². The van der Waals surface area contributed by atoms with Crippen LogP contribution in [0.3, 0.4) is 0 Å². The highest BCUT2D eigenvalue weighted by atomic mass is 35.5. The van der Waals surface area contributed by atoms with E-state index in [1.54, 1.807) is 61.5 Å². The lowest BCUT2D eigenvalue weighted by molar-refractivity contribution is -0.122.